The summed E-state index contributed by atoms with van der Waals surface area (Å²) in [6, 6.07) is 0. The molecule has 0 saturated heterocycles. The Bertz CT molecular complexity index is 412. The van der Waals surface area contributed by atoms with E-state index in [2.05, 4.69) is 29.7 Å². The summed E-state index contributed by atoms with van der Waals surface area (Å²) in [5, 5.41) is 7.94. The molecular weight excluding hydrogens is 222 g/mol. The van der Waals surface area contributed by atoms with Crippen LogP contribution in [-0.2, 0) is 13.5 Å². The van der Waals surface area contributed by atoms with Crippen molar-refractivity contribution in [2.45, 2.75) is 39.0 Å². The van der Waals surface area contributed by atoms with Crippen molar-refractivity contribution in [1.29, 1.82) is 0 Å². The predicted octanol–water partition coefficient (Wildman–Crippen LogP) is 2.38. The van der Waals surface area contributed by atoms with Gasteiger partial charge in [-0.3, -0.25) is 4.68 Å². The van der Waals surface area contributed by atoms with E-state index in [1.54, 1.807) is 0 Å². The Labute approximate surface area is 110 Å². The van der Waals surface area contributed by atoms with Gasteiger partial charge in [0.2, 0.25) is 0 Å². The Hall–Kier alpha value is -0.830. The van der Waals surface area contributed by atoms with E-state index >= 15 is 0 Å². The third-order valence-electron chi connectivity index (χ3n) is 5.14. The minimum Gasteiger partial charge on any atom is -0.316 e. The molecule has 2 aliphatic rings. The van der Waals surface area contributed by atoms with Gasteiger partial charge < -0.3 is 5.32 Å². The van der Waals surface area contributed by atoms with Gasteiger partial charge in [0.05, 0.1) is 6.20 Å². The fourth-order valence-corrected chi connectivity index (χ4v) is 4.40. The van der Waals surface area contributed by atoms with Crippen molar-refractivity contribution in [2.75, 3.05) is 13.1 Å². The van der Waals surface area contributed by atoms with Crippen LogP contribution in [0, 0.1) is 17.3 Å². The fourth-order valence-electron chi connectivity index (χ4n) is 4.40. The summed E-state index contributed by atoms with van der Waals surface area (Å²) in [4.78, 5) is 0. The summed E-state index contributed by atoms with van der Waals surface area (Å²) in [5.41, 5.74) is 1.94. The number of hydrogen-bond acceptors (Lipinski definition) is 2. The smallest absolute Gasteiger partial charge is 0.0521 e. The lowest BCUT2D eigenvalue weighted by Crippen LogP contribution is -2.40. The van der Waals surface area contributed by atoms with E-state index in [0.29, 0.717) is 5.41 Å². The Balaban J connectivity index is 1.77. The molecule has 0 aromatic carbocycles. The van der Waals surface area contributed by atoms with E-state index in [1.807, 2.05) is 11.7 Å². The van der Waals surface area contributed by atoms with Crippen LogP contribution in [0.1, 0.15) is 38.2 Å². The van der Waals surface area contributed by atoms with Crippen LogP contribution in [0.15, 0.2) is 12.4 Å². The Morgan fingerprint density at radius 2 is 2.39 bits per heavy atom. The second kappa shape index (κ2) is 4.69. The number of aryl methyl sites for hydroxylation is 1. The molecule has 1 aromatic heterocycles. The first-order valence-corrected chi connectivity index (χ1v) is 7.40. The van der Waals surface area contributed by atoms with Crippen molar-refractivity contribution in [2.24, 2.45) is 24.3 Å². The molecule has 3 nitrogen and oxygen atoms in total. The summed E-state index contributed by atoms with van der Waals surface area (Å²) in [5.74, 6) is 1.95. The standard InChI is InChI=1S/C15H25N3/c1-3-16-11-15(7-12-4-5-14(15)6-12)8-13-9-17-18(2)10-13/h9-10,12,14,16H,3-8,11H2,1-2H3. The normalized spacial score (nSPS) is 34.3. The van der Waals surface area contributed by atoms with E-state index in [0.717, 1.165) is 18.4 Å². The third kappa shape index (κ3) is 2.09. The molecule has 3 heteroatoms. The van der Waals surface area contributed by atoms with Gasteiger partial charge >= 0.3 is 0 Å². The quantitative estimate of drug-likeness (QED) is 0.866. The molecule has 0 spiro atoms. The molecule has 0 radical (unpaired) electrons. The van der Waals surface area contributed by atoms with Crippen LogP contribution in [-0.4, -0.2) is 22.9 Å². The lowest BCUT2D eigenvalue weighted by atomic mass is 9.69. The van der Waals surface area contributed by atoms with Crippen molar-refractivity contribution < 1.29 is 0 Å². The Kier molecular flexibility index (Phi) is 3.18. The zero-order valence-electron chi connectivity index (χ0n) is 11.7. The predicted molar refractivity (Wildman–Crippen MR) is 73.3 cm³/mol. The summed E-state index contributed by atoms with van der Waals surface area (Å²) < 4.78 is 1.93. The highest BCUT2D eigenvalue weighted by molar-refractivity contribution is 5.13. The minimum atomic E-state index is 0.516. The number of fused-ring (bicyclic) bond motifs is 2. The molecule has 0 amide bonds. The zero-order chi connectivity index (χ0) is 12.6. The maximum absolute atomic E-state index is 4.33. The zero-order valence-corrected chi connectivity index (χ0v) is 11.7. The summed E-state index contributed by atoms with van der Waals surface area (Å²) in [6.07, 6.45) is 11.3. The second-order valence-electron chi connectivity index (χ2n) is 6.42. The first kappa shape index (κ1) is 12.2. The van der Waals surface area contributed by atoms with Gasteiger partial charge in [-0.2, -0.15) is 5.10 Å². The first-order valence-electron chi connectivity index (χ1n) is 7.40. The van der Waals surface area contributed by atoms with Crippen LogP contribution in [0.4, 0.5) is 0 Å². The van der Waals surface area contributed by atoms with Gasteiger partial charge in [-0.1, -0.05) is 13.3 Å². The van der Waals surface area contributed by atoms with Gasteiger partial charge in [-0.25, -0.2) is 0 Å². The van der Waals surface area contributed by atoms with E-state index < -0.39 is 0 Å². The number of rotatable bonds is 5. The fraction of sp³-hybridized carbons (Fsp3) is 0.800. The molecule has 2 bridgehead atoms. The maximum Gasteiger partial charge on any atom is 0.0521 e. The van der Waals surface area contributed by atoms with Gasteiger partial charge in [0.15, 0.2) is 0 Å². The van der Waals surface area contributed by atoms with Crippen LogP contribution in [0.5, 0.6) is 0 Å². The lowest BCUT2D eigenvalue weighted by molar-refractivity contribution is 0.157. The maximum atomic E-state index is 4.33. The van der Waals surface area contributed by atoms with Crippen LogP contribution < -0.4 is 5.32 Å². The van der Waals surface area contributed by atoms with Crippen molar-refractivity contribution >= 4 is 0 Å². The molecule has 3 rings (SSSR count). The molecule has 100 valence electrons. The van der Waals surface area contributed by atoms with E-state index in [4.69, 9.17) is 0 Å². The molecule has 3 unspecified atom stereocenters. The van der Waals surface area contributed by atoms with Crippen molar-refractivity contribution in [3.8, 4) is 0 Å². The Morgan fingerprint density at radius 1 is 1.50 bits per heavy atom. The summed E-state index contributed by atoms with van der Waals surface area (Å²) in [6.45, 7) is 4.50. The van der Waals surface area contributed by atoms with Crippen LogP contribution >= 0.6 is 0 Å². The molecule has 2 fully saturated rings. The molecule has 18 heavy (non-hydrogen) atoms. The van der Waals surface area contributed by atoms with E-state index in [9.17, 15) is 0 Å². The molecular formula is C15H25N3. The van der Waals surface area contributed by atoms with Crippen molar-refractivity contribution in [3.63, 3.8) is 0 Å². The average Bonchev–Trinajstić information content (AvgIpc) is 3.03. The van der Waals surface area contributed by atoms with Crippen molar-refractivity contribution in [1.82, 2.24) is 15.1 Å². The molecule has 2 saturated carbocycles. The second-order valence-corrected chi connectivity index (χ2v) is 6.42. The van der Waals surface area contributed by atoms with E-state index in [-0.39, 0.29) is 0 Å². The first-order chi connectivity index (χ1) is 8.72. The topological polar surface area (TPSA) is 29.9 Å². The Morgan fingerprint density at radius 3 is 2.94 bits per heavy atom. The lowest BCUT2D eigenvalue weighted by Gasteiger charge is -2.38. The molecule has 2 aliphatic carbocycles. The molecule has 1 heterocycles. The van der Waals surface area contributed by atoms with E-state index in [1.165, 1.54) is 44.2 Å². The van der Waals surface area contributed by atoms with Gasteiger partial charge in [-0.15, -0.1) is 0 Å². The highest BCUT2D eigenvalue weighted by Gasteiger charge is 2.50. The molecule has 0 aliphatic heterocycles. The third-order valence-corrected chi connectivity index (χ3v) is 5.14. The van der Waals surface area contributed by atoms with Crippen LogP contribution in [0.25, 0.3) is 0 Å². The average molecular weight is 247 g/mol. The molecule has 1 N–H and O–H groups in total. The van der Waals surface area contributed by atoms with Crippen LogP contribution in [0.3, 0.4) is 0 Å². The SMILES string of the molecule is CCNCC1(Cc2cnn(C)c2)CC2CCC1C2. The highest BCUT2D eigenvalue weighted by atomic mass is 15.2. The van der Waals surface area contributed by atoms with Gasteiger partial charge in [0.1, 0.15) is 0 Å². The van der Waals surface area contributed by atoms with Gasteiger partial charge in [0.25, 0.3) is 0 Å². The largest absolute Gasteiger partial charge is 0.316 e. The highest BCUT2D eigenvalue weighted by Crippen LogP contribution is 2.57. The van der Waals surface area contributed by atoms with Gasteiger partial charge in [0, 0.05) is 19.8 Å². The minimum absolute atomic E-state index is 0.516. The van der Waals surface area contributed by atoms with Crippen LogP contribution in [0.2, 0.25) is 0 Å². The number of hydrogen-bond donors (Lipinski definition) is 1. The number of aromatic nitrogens is 2. The van der Waals surface area contributed by atoms with Gasteiger partial charge in [-0.05, 0) is 55.0 Å². The summed E-state index contributed by atoms with van der Waals surface area (Å²) >= 11 is 0. The number of nitrogens with zero attached hydrogens (tertiary/aromatic N) is 2. The van der Waals surface area contributed by atoms with Crippen molar-refractivity contribution in [3.05, 3.63) is 18.0 Å². The number of nitrogens with one attached hydrogen (secondary N) is 1. The monoisotopic (exact) mass is 247 g/mol. The molecule has 3 atom stereocenters. The molecule has 1 aromatic rings. The summed E-state index contributed by atoms with van der Waals surface area (Å²) in [7, 11) is 2.02.